The van der Waals surface area contributed by atoms with Crippen LogP contribution in [0.2, 0.25) is 0 Å². The first-order valence-corrected chi connectivity index (χ1v) is 8.85. The number of amides is 2. The molecule has 3 aromatic carbocycles. The highest BCUT2D eigenvalue weighted by Crippen LogP contribution is 2.17. The summed E-state index contributed by atoms with van der Waals surface area (Å²) in [5.41, 5.74) is 3.40. The summed E-state index contributed by atoms with van der Waals surface area (Å²) in [6.07, 6.45) is 0. The molecule has 0 aromatic heterocycles. The van der Waals surface area contributed by atoms with Gasteiger partial charge in [-0.1, -0.05) is 39.7 Å². The van der Waals surface area contributed by atoms with E-state index in [4.69, 9.17) is 0 Å². The Hall–Kier alpha value is -2.92. The zero-order valence-corrected chi connectivity index (χ0v) is 15.7. The molecule has 4 nitrogen and oxygen atoms in total. The van der Waals surface area contributed by atoms with Gasteiger partial charge in [-0.25, -0.2) is 0 Å². The summed E-state index contributed by atoms with van der Waals surface area (Å²) in [5, 5.41) is 5.65. The lowest BCUT2D eigenvalue weighted by Gasteiger charge is -2.09. The molecule has 2 amide bonds. The van der Waals surface area contributed by atoms with Crippen LogP contribution in [-0.4, -0.2) is 11.8 Å². The van der Waals surface area contributed by atoms with Crippen molar-refractivity contribution < 1.29 is 9.59 Å². The summed E-state index contributed by atoms with van der Waals surface area (Å²) in [7, 11) is 0. The molecule has 0 aliphatic heterocycles. The lowest BCUT2D eigenvalue weighted by atomic mass is 10.1. The van der Waals surface area contributed by atoms with Gasteiger partial charge >= 0.3 is 0 Å². The van der Waals surface area contributed by atoms with E-state index in [1.54, 1.807) is 36.4 Å². The number of anilines is 2. The van der Waals surface area contributed by atoms with Crippen LogP contribution in [0.5, 0.6) is 0 Å². The SMILES string of the molecule is Cc1ccc(C(=O)Nc2cccc(C(=O)Nc3ccc(Br)cc3)c2)cc1. The van der Waals surface area contributed by atoms with Crippen LogP contribution in [0.3, 0.4) is 0 Å². The van der Waals surface area contributed by atoms with Gasteiger partial charge < -0.3 is 10.6 Å². The number of nitrogens with one attached hydrogen (secondary N) is 2. The van der Waals surface area contributed by atoms with Crippen LogP contribution in [0.4, 0.5) is 11.4 Å². The van der Waals surface area contributed by atoms with Crippen LogP contribution in [0, 0.1) is 6.92 Å². The van der Waals surface area contributed by atoms with Gasteiger partial charge in [0, 0.05) is 27.0 Å². The number of halogens is 1. The maximum Gasteiger partial charge on any atom is 0.255 e. The highest BCUT2D eigenvalue weighted by Gasteiger charge is 2.09. The summed E-state index contributed by atoms with van der Waals surface area (Å²) in [6, 6.07) is 21.5. The molecule has 0 fully saturated rings. The summed E-state index contributed by atoms with van der Waals surface area (Å²) in [5.74, 6) is -0.450. The van der Waals surface area contributed by atoms with E-state index in [0.717, 1.165) is 10.0 Å². The normalized spacial score (nSPS) is 10.2. The Bertz CT molecular complexity index is 935. The minimum Gasteiger partial charge on any atom is -0.322 e. The summed E-state index contributed by atoms with van der Waals surface area (Å²) >= 11 is 3.36. The van der Waals surface area contributed by atoms with Crippen LogP contribution in [-0.2, 0) is 0 Å². The van der Waals surface area contributed by atoms with Crippen molar-refractivity contribution in [3.05, 3.63) is 94.0 Å². The van der Waals surface area contributed by atoms with E-state index in [1.807, 2.05) is 43.3 Å². The monoisotopic (exact) mass is 408 g/mol. The predicted molar refractivity (Wildman–Crippen MR) is 108 cm³/mol. The molecule has 130 valence electrons. The van der Waals surface area contributed by atoms with Crippen molar-refractivity contribution in [1.29, 1.82) is 0 Å². The molecule has 5 heteroatoms. The Morgan fingerprint density at radius 2 is 1.35 bits per heavy atom. The third kappa shape index (κ3) is 4.58. The third-order valence-corrected chi connectivity index (χ3v) is 4.33. The van der Waals surface area contributed by atoms with Gasteiger partial charge in [0.25, 0.3) is 11.8 Å². The second kappa shape index (κ2) is 7.97. The number of rotatable bonds is 4. The summed E-state index contributed by atoms with van der Waals surface area (Å²) < 4.78 is 0.941. The molecule has 0 unspecified atom stereocenters. The van der Waals surface area contributed by atoms with Gasteiger partial charge in [0.15, 0.2) is 0 Å². The fourth-order valence-electron chi connectivity index (χ4n) is 2.38. The average Bonchev–Trinajstić information content (AvgIpc) is 2.64. The molecule has 2 N–H and O–H groups in total. The molecule has 3 rings (SSSR count). The van der Waals surface area contributed by atoms with E-state index in [2.05, 4.69) is 26.6 Å². The van der Waals surface area contributed by atoms with E-state index in [0.29, 0.717) is 22.5 Å². The highest BCUT2D eigenvalue weighted by atomic mass is 79.9. The molecule has 26 heavy (non-hydrogen) atoms. The molecule has 3 aromatic rings. The largest absolute Gasteiger partial charge is 0.322 e. The topological polar surface area (TPSA) is 58.2 Å². The van der Waals surface area contributed by atoms with E-state index >= 15 is 0 Å². The summed E-state index contributed by atoms with van der Waals surface area (Å²) in [6.45, 7) is 1.97. The molecule has 0 bridgehead atoms. The number of carbonyl (C=O) groups excluding carboxylic acids is 2. The molecule has 0 aliphatic rings. The van der Waals surface area contributed by atoms with Crippen LogP contribution in [0.25, 0.3) is 0 Å². The van der Waals surface area contributed by atoms with Crippen molar-refractivity contribution in [3.8, 4) is 0 Å². The number of hydrogen-bond acceptors (Lipinski definition) is 2. The Kier molecular flexibility index (Phi) is 5.49. The predicted octanol–water partition coefficient (Wildman–Crippen LogP) is 5.26. The molecule has 0 spiro atoms. The Morgan fingerprint density at radius 3 is 2.04 bits per heavy atom. The van der Waals surface area contributed by atoms with Crippen molar-refractivity contribution in [2.75, 3.05) is 10.6 Å². The molecule has 0 aliphatic carbocycles. The first-order valence-electron chi connectivity index (χ1n) is 8.06. The second-order valence-corrected chi connectivity index (χ2v) is 6.78. The van der Waals surface area contributed by atoms with Crippen molar-refractivity contribution >= 4 is 39.1 Å². The summed E-state index contributed by atoms with van der Waals surface area (Å²) in [4.78, 5) is 24.7. The zero-order valence-electron chi connectivity index (χ0n) is 14.1. The fraction of sp³-hybridized carbons (Fsp3) is 0.0476. The Labute approximate surface area is 160 Å². The van der Waals surface area contributed by atoms with Crippen molar-refractivity contribution in [2.45, 2.75) is 6.92 Å². The minimum atomic E-state index is -0.237. The number of benzene rings is 3. The van der Waals surface area contributed by atoms with Gasteiger partial charge in [0.2, 0.25) is 0 Å². The molecular weight excluding hydrogens is 392 g/mol. The maximum atomic E-state index is 12.4. The van der Waals surface area contributed by atoms with Crippen molar-refractivity contribution in [3.63, 3.8) is 0 Å². The van der Waals surface area contributed by atoms with Gasteiger partial charge in [-0.2, -0.15) is 0 Å². The van der Waals surface area contributed by atoms with Gasteiger partial charge in [-0.15, -0.1) is 0 Å². The minimum absolute atomic E-state index is 0.213. The molecular formula is C21H17BrN2O2. The van der Waals surface area contributed by atoms with Crippen LogP contribution >= 0.6 is 15.9 Å². The first kappa shape index (κ1) is 17.9. The van der Waals surface area contributed by atoms with E-state index < -0.39 is 0 Å². The molecule has 0 atom stereocenters. The van der Waals surface area contributed by atoms with E-state index in [9.17, 15) is 9.59 Å². The highest BCUT2D eigenvalue weighted by molar-refractivity contribution is 9.10. The van der Waals surface area contributed by atoms with Gasteiger partial charge in [0.05, 0.1) is 0 Å². The van der Waals surface area contributed by atoms with Gasteiger partial charge in [-0.05, 0) is 61.5 Å². The van der Waals surface area contributed by atoms with Crippen LogP contribution in [0.1, 0.15) is 26.3 Å². The smallest absolute Gasteiger partial charge is 0.255 e. The number of aryl methyl sites for hydroxylation is 1. The number of hydrogen-bond donors (Lipinski definition) is 2. The van der Waals surface area contributed by atoms with Crippen molar-refractivity contribution in [1.82, 2.24) is 0 Å². The third-order valence-electron chi connectivity index (χ3n) is 3.80. The van der Waals surface area contributed by atoms with Gasteiger partial charge in [0.1, 0.15) is 0 Å². The lowest BCUT2D eigenvalue weighted by molar-refractivity contribution is 0.101. The Morgan fingerprint density at radius 1 is 0.731 bits per heavy atom. The molecule has 0 saturated carbocycles. The van der Waals surface area contributed by atoms with E-state index in [-0.39, 0.29) is 11.8 Å². The van der Waals surface area contributed by atoms with Crippen LogP contribution < -0.4 is 10.6 Å². The standard InChI is InChI=1S/C21H17BrN2O2/c1-14-5-7-15(8-6-14)20(25)24-19-4-2-3-16(13-19)21(26)23-18-11-9-17(22)10-12-18/h2-13H,1H3,(H,23,26)(H,24,25). The molecule has 0 saturated heterocycles. The second-order valence-electron chi connectivity index (χ2n) is 5.86. The average molecular weight is 409 g/mol. The van der Waals surface area contributed by atoms with Gasteiger partial charge in [-0.3, -0.25) is 9.59 Å². The Balaban J connectivity index is 1.71. The molecule has 0 radical (unpaired) electrons. The van der Waals surface area contributed by atoms with Crippen LogP contribution in [0.15, 0.2) is 77.3 Å². The maximum absolute atomic E-state index is 12.4. The zero-order chi connectivity index (χ0) is 18.5. The quantitative estimate of drug-likeness (QED) is 0.618. The van der Waals surface area contributed by atoms with Crippen molar-refractivity contribution in [2.24, 2.45) is 0 Å². The number of carbonyl (C=O) groups is 2. The first-order chi connectivity index (χ1) is 12.5. The molecule has 0 heterocycles. The van der Waals surface area contributed by atoms with E-state index in [1.165, 1.54) is 0 Å². The lowest BCUT2D eigenvalue weighted by Crippen LogP contribution is -2.14. The fourth-order valence-corrected chi connectivity index (χ4v) is 2.65.